The third-order valence-electron chi connectivity index (χ3n) is 6.00. The molecule has 4 rings (SSSR count). The number of ether oxygens (including phenoxy) is 1. The summed E-state index contributed by atoms with van der Waals surface area (Å²) >= 11 is 7.82. The Morgan fingerprint density at radius 2 is 2.03 bits per heavy atom. The summed E-state index contributed by atoms with van der Waals surface area (Å²) in [7, 11) is 0. The van der Waals surface area contributed by atoms with Gasteiger partial charge in [-0.05, 0) is 37.3 Å². The Hall–Kier alpha value is -1.99. The van der Waals surface area contributed by atoms with Crippen molar-refractivity contribution in [3.63, 3.8) is 0 Å². The maximum atomic E-state index is 12.9. The van der Waals surface area contributed by atoms with E-state index in [4.69, 9.17) is 21.3 Å². The molecular formula is C26H32ClN3O2S. The lowest BCUT2D eigenvalue weighted by Crippen LogP contribution is -2.40. The van der Waals surface area contributed by atoms with Crippen LogP contribution >= 0.6 is 22.9 Å². The maximum Gasteiger partial charge on any atom is 0.220 e. The van der Waals surface area contributed by atoms with Crippen LogP contribution in [0.5, 0.6) is 0 Å². The first kappa shape index (κ1) is 24.1. The molecule has 1 aliphatic heterocycles. The number of hydrogen-bond acceptors (Lipinski definition) is 5. The van der Waals surface area contributed by atoms with Crippen molar-refractivity contribution in [2.45, 2.75) is 44.6 Å². The lowest BCUT2D eigenvalue weighted by atomic mass is 9.99. The summed E-state index contributed by atoms with van der Waals surface area (Å²) in [5, 5.41) is 5.17. The lowest BCUT2D eigenvalue weighted by molar-refractivity contribution is -0.121. The average Bonchev–Trinajstić information content (AvgIpc) is 3.21. The van der Waals surface area contributed by atoms with Crippen molar-refractivity contribution in [2.75, 3.05) is 32.8 Å². The Morgan fingerprint density at radius 1 is 1.24 bits per heavy atom. The SMILES string of the molecule is C=C(CC(Cc1ccccc1)NC(=O)CCc1nc2c(s1)C=C(Cl)CC2)CN1CCOCC1. The van der Waals surface area contributed by atoms with Crippen LogP contribution in [0.15, 0.2) is 47.5 Å². The summed E-state index contributed by atoms with van der Waals surface area (Å²) in [4.78, 5) is 21.1. The Bertz CT molecular complexity index is 983. The number of amides is 1. The van der Waals surface area contributed by atoms with E-state index in [2.05, 4.69) is 28.9 Å². The number of carbonyl (C=O) groups excluding carboxylic acids is 1. The number of fused-ring (bicyclic) bond motifs is 1. The van der Waals surface area contributed by atoms with Crippen molar-refractivity contribution < 1.29 is 9.53 Å². The number of hydrogen-bond donors (Lipinski definition) is 1. The highest BCUT2D eigenvalue weighted by atomic mass is 35.5. The summed E-state index contributed by atoms with van der Waals surface area (Å²) in [6.07, 6.45) is 6.41. The molecule has 1 saturated heterocycles. The monoisotopic (exact) mass is 485 g/mol. The molecule has 0 radical (unpaired) electrons. The third-order valence-corrected chi connectivity index (χ3v) is 7.40. The van der Waals surface area contributed by atoms with Gasteiger partial charge in [0.15, 0.2) is 0 Å². The molecule has 1 amide bonds. The van der Waals surface area contributed by atoms with Gasteiger partial charge in [0.2, 0.25) is 5.91 Å². The van der Waals surface area contributed by atoms with Gasteiger partial charge >= 0.3 is 0 Å². The Balaban J connectivity index is 1.32. The molecule has 33 heavy (non-hydrogen) atoms. The smallest absolute Gasteiger partial charge is 0.220 e. The topological polar surface area (TPSA) is 54.5 Å². The van der Waals surface area contributed by atoms with Crippen molar-refractivity contribution in [1.29, 1.82) is 0 Å². The minimum atomic E-state index is 0.0275. The van der Waals surface area contributed by atoms with Crippen molar-refractivity contribution in [1.82, 2.24) is 15.2 Å². The van der Waals surface area contributed by atoms with Crippen LogP contribution in [0.25, 0.3) is 6.08 Å². The van der Waals surface area contributed by atoms with E-state index in [1.807, 2.05) is 24.3 Å². The van der Waals surface area contributed by atoms with Gasteiger partial charge < -0.3 is 10.1 Å². The zero-order chi connectivity index (χ0) is 23.0. The van der Waals surface area contributed by atoms with Crippen molar-refractivity contribution in [3.05, 3.63) is 68.7 Å². The van der Waals surface area contributed by atoms with Crippen LogP contribution in [0.4, 0.5) is 0 Å². The number of morpholine rings is 1. The molecule has 1 aromatic carbocycles. The van der Waals surface area contributed by atoms with Crippen molar-refractivity contribution >= 4 is 34.9 Å². The standard InChI is InChI=1S/C26H32ClN3O2S/c1-19(18-30-11-13-32-14-12-30)15-22(16-20-5-3-2-4-6-20)28-25(31)9-10-26-29-23-8-7-21(27)17-24(23)33-26/h2-6,17,22H,1,7-16,18H2,(H,28,31). The molecule has 0 bridgehead atoms. The molecule has 1 unspecified atom stereocenters. The van der Waals surface area contributed by atoms with E-state index in [0.717, 1.165) is 84.7 Å². The van der Waals surface area contributed by atoms with E-state index in [9.17, 15) is 4.79 Å². The van der Waals surface area contributed by atoms with Crippen LogP contribution < -0.4 is 5.32 Å². The van der Waals surface area contributed by atoms with Gasteiger partial charge in [-0.15, -0.1) is 11.3 Å². The van der Waals surface area contributed by atoms with Crippen LogP contribution in [-0.2, 0) is 28.8 Å². The highest BCUT2D eigenvalue weighted by molar-refractivity contribution is 7.12. The van der Waals surface area contributed by atoms with Crippen LogP contribution in [0.2, 0.25) is 0 Å². The summed E-state index contributed by atoms with van der Waals surface area (Å²) in [5.74, 6) is 0.0665. The first-order valence-corrected chi connectivity index (χ1v) is 12.9. The van der Waals surface area contributed by atoms with Crippen LogP contribution in [0, 0.1) is 0 Å². The molecule has 0 spiro atoms. The van der Waals surface area contributed by atoms with E-state index in [-0.39, 0.29) is 11.9 Å². The van der Waals surface area contributed by atoms with E-state index in [0.29, 0.717) is 12.8 Å². The fourth-order valence-electron chi connectivity index (χ4n) is 4.35. The summed E-state index contributed by atoms with van der Waals surface area (Å²) in [6.45, 7) is 8.60. The number of carbonyl (C=O) groups is 1. The van der Waals surface area contributed by atoms with Gasteiger partial charge in [0.25, 0.3) is 0 Å². The number of rotatable bonds is 10. The fourth-order valence-corrected chi connectivity index (χ4v) is 5.70. The number of allylic oxidation sites excluding steroid dienone is 1. The zero-order valence-corrected chi connectivity index (χ0v) is 20.6. The van der Waals surface area contributed by atoms with Gasteiger partial charge in [0.1, 0.15) is 0 Å². The summed E-state index contributed by atoms with van der Waals surface area (Å²) in [5.41, 5.74) is 3.48. The molecule has 5 nitrogen and oxygen atoms in total. The van der Waals surface area contributed by atoms with Crippen LogP contribution in [-0.4, -0.2) is 54.7 Å². The molecular weight excluding hydrogens is 454 g/mol. The summed E-state index contributed by atoms with van der Waals surface area (Å²) in [6, 6.07) is 10.4. The Labute approximate surface area is 205 Å². The van der Waals surface area contributed by atoms with Crippen molar-refractivity contribution in [3.8, 4) is 0 Å². The van der Waals surface area contributed by atoms with Crippen LogP contribution in [0.3, 0.4) is 0 Å². The highest BCUT2D eigenvalue weighted by Gasteiger charge is 2.19. The molecule has 1 aromatic heterocycles. The average molecular weight is 486 g/mol. The number of aryl methyl sites for hydroxylation is 2. The number of halogens is 1. The molecule has 1 atom stereocenters. The molecule has 176 valence electrons. The van der Waals surface area contributed by atoms with E-state index < -0.39 is 0 Å². The van der Waals surface area contributed by atoms with Gasteiger partial charge in [-0.3, -0.25) is 9.69 Å². The molecule has 1 aliphatic carbocycles. The fraction of sp³-hybridized carbons (Fsp3) is 0.462. The predicted molar refractivity (Wildman–Crippen MR) is 136 cm³/mol. The minimum Gasteiger partial charge on any atom is -0.379 e. The normalized spacial score (nSPS) is 17.2. The summed E-state index contributed by atoms with van der Waals surface area (Å²) < 4.78 is 5.45. The first-order chi connectivity index (χ1) is 16.0. The Morgan fingerprint density at radius 3 is 2.82 bits per heavy atom. The molecule has 2 aromatic rings. The van der Waals surface area contributed by atoms with Gasteiger partial charge in [-0.1, -0.05) is 54.1 Å². The Kier molecular flexibility index (Phi) is 8.73. The first-order valence-electron chi connectivity index (χ1n) is 11.7. The second-order valence-corrected chi connectivity index (χ2v) is 10.4. The number of benzene rings is 1. The minimum absolute atomic E-state index is 0.0275. The largest absolute Gasteiger partial charge is 0.379 e. The highest BCUT2D eigenvalue weighted by Crippen LogP contribution is 2.30. The predicted octanol–water partition coefficient (Wildman–Crippen LogP) is 4.61. The number of aromatic nitrogens is 1. The second kappa shape index (κ2) is 11.9. The number of nitrogens with one attached hydrogen (secondary N) is 1. The number of nitrogens with zero attached hydrogens (tertiary/aromatic N) is 2. The molecule has 2 heterocycles. The molecule has 1 N–H and O–H groups in total. The molecule has 0 saturated carbocycles. The van der Waals surface area contributed by atoms with E-state index >= 15 is 0 Å². The van der Waals surface area contributed by atoms with E-state index in [1.165, 1.54) is 5.56 Å². The quantitative estimate of drug-likeness (QED) is 0.499. The van der Waals surface area contributed by atoms with E-state index in [1.54, 1.807) is 11.3 Å². The van der Waals surface area contributed by atoms with Gasteiger partial charge in [0.05, 0.1) is 28.8 Å². The molecule has 7 heteroatoms. The van der Waals surface area contributed by atoms with Gasteiger partial charge in [-0.25, -0.2) is 4.98 Å². The van der Waals surface area contributed by atoms with Gasteiger partial charge in [0, 0.05) is 43.6 Å². The zero-order valence-electron chi connectivity index (χ0n) is 19.0. The lowest BCUT2D eigenvalue weighted by Gasteiger charge is -2.28. The van der Waals surface area contributed by atoms with Crippen molar-refractivity contribution in [2.24, 2.45) is 0 Å². The molecule has 1 fully saturated rings. The molecule has 2 aliphatic rings. The van der Waals surface area contributed by atoms with Crippen LogP contribution in [0.1, 0.15) is 40.4 Å². The maximum absolute atomic E-state index is 12.9. The second-order valence-electron chi connectivity index (χ2n) is 8.81. The van der Waals surface area contributed by atoms with Gasteiger partial charge in [-0.2, -0.15) is 0 Å². The number of thiazole rings is 1. The third kappa shape index (κ3) is 7.51.